The standard InChI is InChI=1S/C19H26N4O2/c1-22-11-16(10-21-22)12-23-7-8-25-19-17(4-5-18(19)23)14-24-13-15-3-2-6-20-9-15/h2-3,6,9-11,17-19H,4-5,7-8,12-14H2,1H3/t17-,18+,19+/m0/s1. The van der Waals surface area contributed by atoms with Gasteiger partial charge < -0.3 is 9.47 Å². The monoisotopic (exact) mass is 342 g/mol. The van der Waals surface area contributed by atoms with Crippen LogP contribution in [-0.2, 0) is 29.7 Å². The maximum absolute atomic E-state index is 6.14. The number of rotatable bonds is 6. The molecule has 6 nitrogen and oxygen atoms in total. The fraction of sp³-hybridized carbons (Fsp3) is 0.579. The van der Waals surface area contributed by atoms with Crippen LogP contribution in [0.15, 0.2) is 36.9 Å². The molecule has 0 unspecified atom stereocenters. The molecular weight excluding hydrogens is 316 g/mol. The average Bonchev–Trinajstić information content (AvgIpc) is 3.23. The van der Waals surface area contributed by atoms with E-state index < -0.39 is 0 Å². The fourth-order valence-corrected chi connectivity index (χ4v) is 4.11. The second-order valence-electron chi connectivity index (χ2n) is 7.11. The lowest BCUT2D eigenvalue weighted by Gasteiger charge is -2.39. The van der Waals surface area contributed by atoms with Gasteiger partial charge in [-0.3, -0.25) is 14.6 Å². The zero-order valence-electron chi connectivity index (χ0n) is 14.8. The van der Waals surface area contributed by atoms with Gasteiger partial charge in [0.25, 0.3) is 0 Å². The molecular formula is C19H26N4O2. The Kier molecular flexibility index (Phi) is 5.10. The molecule has 1 aliphatic heterocycles. The molecule has 0 amide bonds. The van der Waals surface area contributed by atoms with Gasteiger partial charge in [-0.05, 0) is 24.5 Å². The summed E-state index contributed by atoms with van der Waals surface area (Å²) in [6.45, 7) is 4.15. The van der Waals surface area contributed by atoms with E-state index in [-0.39, 0.29) is 0 Å². The third-order valence-electron chi connectivity index (χ3n) is 5.30. The second-order valence-corrected chi connectivity index (χ2v) is 7.11. The van der Waals surface area contributed by atoms with E-state index in [0.717, 1.165) is 31.9 Å². The van der Waals surface area contributed by atoms with E-state index >= 15 is 0 Å². The zero-order chi connectivity index (χ0) is 17.1. The summed E-state index contributed by atoms with van der Waals surface area (Å²) in [4.78, 5) is 6.70. The molecule has 0 aromatic carbocycles. The third kappa shape index (κ3) is 3.92. The maximum Gasteiger partial charge on any atom is 0.0781 e. The van der Waals surface area contributed by atoms with Crippen LogP contribution in [0.25, 0.3) is 0 Å². The molecule has 1 saturated heterocycles. The highest BCUT2D eigenvalue weighted by atomic mass is 16.5. The summed E-state index contributed by atoms with van der Waals surface area (Å²) >= 11 is 0. The Labute approximate surface area is 148 Å². The normalized spacial score (nSPS) is 26.7. The first-order valence-electron chi connectivity index (χ1n) is 9.09. The Morgan fingerprint density at radius 3 is 3.04 bits per heavy atom. The molecule has 0 N–H and O–H groups in total. The van der Waals surface area contributed by atoms with Gasteiger partial charge in [-0.15, -0.1) is 0 Å². The van der Waals surface area contributed by atoms with Crippen molar-refractivity contribution in [1.82, 2.24) is 19.7 Å². The Hall–Kier alpha value is -1.76. The van der Waals surface area contributed by atoms with Gasteiger partial charge in [0, 0.05) is 56.3 Å². The summed E-state index contributed by atoms with van der Waals surface area (Å²) < 4.78 is 14.0. The molecule has 1 aliphatic carbocycles. The smallest absolute Gasteiger partial charge is 0.0781 e. The first-order valence-corrected chi connectivity index (χ1v) is 9.09. The van der Waals surface area contributed by atoms with E-state index in [0.29, 0.717) is 24.7 Å². The highest BCUT2D eigenvalue weighted by Crippen LogP contribution is 2.35. The van der Waals surface area contributed by atoms with Crippen LogP contribution in [0.3, 0.4) is 0 Å². The number of hydrogen-bond donors (Lipinski definition) is 0. The number of aromatic nitrogens is 3. The minimum atomic E-state index is 0.291. The van der Waals surface area contributed by atoms with Crippen molar-refractivity contribution in [3.05, 3.63) is 48.0 Å². The molecule has 25 heavy (non-hydrogen) atoms. The molecule has 6 heteroatoms. The van der Waals surface area contributed by atoms with Crippen molar-refractivity contribution in [3.63, 3.8) is 0 Å². The van der Waals surface area contributed by atoms with Gasteiger partial charge in [-0.25, -0.2) is 0 Å². The highest BCUT2D eigenvalue weighted by Gasteiger charge is 2.42. The van der Waals surface area contributed by atoms with E-state index in [1.807, 2.05) is 30.2 Å². The fourth-order valence-electron chi connectivity index (χ4n) is 4.11. The highest BCUT2D eigenvalue weighted by molar-refractivity contribution is 5.07. The number of pyridine rings is 1. The largest absolute Gasteiger partial charge is 0.376 e. The Morgan fingerprint density at radius 1 is 1.28 bits per heavy atom. The van der Waals surface area contributed by atoms with Gasteiger partial charge in [0.2, 0.25) is 0 Å². The molecule has 0 spiro atoms. The topological polar surface area (TPSA) is 52.4 Å². The first kappa shape index (κ1) is 16.7. The molecule has 0 bridgehead atoms. The summed E-state index contributed by atoms with van der Waals surface area (Å²) in [6, 6.07) is 4.50. The van der Waals surface area contributed by atoms with Gasteiger partial charge in [0.15, 0.2) is 0 Å². The molecule has 0 radical (unpaired) electrons. The second kappa shape index (κ2) is 7.64. The molecule has 2 aliphatic rings. The van der Waals surface area contributed by atoms with Gasteiger partial charge in [0.1, 0.15) is 0 Å². The number of morpholine rings is 1. The number of aryl methyl sites for hydroxylation is 1. The molecule has 1 saturated carbocycles. The van der Waals surface area contributed by atoms with Crippen LogP contribution in [-0.4, -0.2) is 51.6 Å². The van der Waals surface area contributed by atoms with E-state index in [2.05, 4.69) is 27.2 Å². The van der Waals surface area contributed by atoms with Crippen molar-refractivity contribution in [2.24, 2.45) is 13.0 Å². The molecule has 2 aromatic rings. The molecule has 134 valence electrons. The quantitative estimate of drug-likeness (QED) is 0.804. The third-order valence-corrected chi connectivity index (χ3v) is 5.30. The number of fused-ring (bicyclic) bond motifs is 1. The van der Waals surface area contributed by atoms with Crippen LogP contribution in [0.2, 0.25) is 0 Å². The van der Waals surface area contributed by atoms with E-state index in [1.54, 1.807) is 6.20 Å². The lowest BCUT2D eigenvalue weighted by molar-refractivity contribution is -0.0891. The Bertz CT molecular complexity index is 675. The minimum Gasteiger partial charge on any atom is -0.376 e. The average molecular weight is 342 g/mol. The SMILES string of the molecule is Cn1cc(CN2CCO[C@@H]3[C@H](COCc4cccnc4)CC[C@H]32)cn1. The van der Waals surface area contributed by atoms with Gasteiger partial charge in [-0.2, -0.15) is 5.10 Å². The lowest BCUT2D eigenvalue weighted by Crippen LogP contribution is -2.50. The van der Waals surface area contributed by atoms with Crippen molar-refractivity contribution >= 4 is 0 Å². The molecule has 4 rings (SSSR count). The number of hydrogen-bond acceptors (Lipinski definition) is 5. The van der Waals surface area contributed by atoms with E-state index in [1.165, 1.54) is 18.4 Å². The summed E-state index contributed by atoms with van der Waals surface area (Å²) in [5.41, 5.74) is 2.40. The summed E-state index contributed by atoms with van der Waals surface area (Å²) in [5, 5.41) is 4.29. The van der Waals surface area contributed by atoms with Crippen LogP contribution < -0.4 is 0 Å². The van der Waals surface area contributed by atoms with E-state index in [4.69, 9.17) is 9.47 Å². The zero-order valence-corrected chi connectivity index (χ0v) is 14.8. The molecule has 2 aromatic heterocycles. The van der Waals surface area contributed by atoms with Crippen LogP contribution >= 0.6 is 0 Å². The molecule has 2 fully saturated rings. The molecule has 3 heterocycles. The van der Waals surface area contributed by atoms with Crippen molar-refractivity contribution in [2.45, 2.75) is 38.1 Å². The van der Waals surface area contributed by atoms with Crippen LogP contribution in [0.1, 0.15) is 24.0 Å². The lowest BCUT2D eigenvalue weighted by atomic mass is 10.0. The van der Waals surface area contributed by atoms with Crippen molar-refractivity contribution < 1.29 is 9.47 Å². The van der Waals surface area contributed by atoms with Crippen molar-refractivity contribution in [2.75, 3.05) is 19.8 Å². The van der Waals surface area contributed by atoms with Gasteiger partial charge >= 0.3 is 0 Å². The molecule has 3 atom stereocenters. The van der Waals surface area contributed by atoms with Crippen molar-refractivity contribution in [3.8, 4) is 0 Å². The maximum atomic E-state index is 6.14. The summed E-state index contributed by atoms with van der Waals surface area (Å²) in [7, 11) is 1.97. The number of ether oxygens (including phenoxy) is 2. The van der Waals surface area contributed by atoms with Crippen LogP contribution in [0.4, 0.5) is 0 Å². The van der Waals surface area contributed by atoms with E-state index in [9.17, 15) is 0 Å². The van der Waals surface area contributed by atoms with Crippen LogP contribution in [0, 0.1) is 5.92 Å². The van der Waals surface area contributed by atoms with Gasteiger partial charge in [-0.1, -0.05) is 6.07 Å². The predicted octanol–water partition coefficient (Wildman–Crippen LogP) is 2.01. The van der Waals surface area contributed by atoms with Crippen molar-refractivity contribution in [1.29, 1.82) is 0 Å². The van der Waals surface area contributed by atoms with Crippen LogP contribution in [0.5, 0.6) is 0 Å². The Morgan fingerprint density at radius 2 is 2.24 bits per heavy atom. The first-order chi connectivity index (χ1) is 12.3. The Balaban J connectivity index is 1.31. The van der Waals surface area contributed by atoms with Gasteiger partial charge in [0.05, 0.1) is 32.1 Å². The summed E-state index contributed by atoms with van der Waals surface area (Å²) in [5.74, 6) is 0.485. The minimum absolute atomic E-state index is 0.291. The summed E-state index contributed by atoms with van der Waals surface area (Å²) in [6.07, 6.45) is 10.4. The number of nitrogens with zero attached hydrogens (tertiary/aromatic N) is 4. The predicted molar refractivity (Wildman–Crippen MR) is 93.8 cm³/mol.